The van der Waals surface area contributed by atoms with Crippen LogP contribution >= 0.6 is 0 Å². The first-order valence-electron chi connectivity index (χ1n) is 10.4. The summed E-state index contributed by atoms with van der Waals surface area (Å²) in [5.74, 6) is -0.171. The Morgan fingerprint density at radius 2 is 1.41 bits per heavy atom. The van der Waals surface area contributed by atoms with Gasteiger partial charge in [0, 0.05) is 18.9 Å². The van der Waals surface area contributed by atoms with Crippen LogP contribution in [0.25, 0.3) is 0 Å². The Labute approximate surface area is 170 Å². The summed E-state index contributed by atoms with van der Waals surface area (Å²) < 4.78 is 18.8. The highest BCUT2D eigenvalue weighted by molar-refractivity contribution is 6.74. The van der Waals surface area contributed by atoms with E-state index in [0.29, 0.717) is 6.61 Å². The molecule has 0 aliphatic carbocycles. The molecule has 1 saturated heterocycles. The molecule has 4 atom stereocenters. The largest absolute Gasteiger partial charge is 0.462 e. The molecule has 0 aromatic rings. The van der Waals surface area contributed by atoms with Gasteiger partial charge in [0.05, 0.1) is 12.0 Å². The standard InChI is InChI=1S/C21H44O4Si2/c1-15-17(13-14-23-26(9,10)20(3,4)5)24-19(22)16(2)18(15)25-27(11,12)21(6,7)8/h15-18H,13-14H2,1-12H3/t15-,16+,17-,18-/m0/s1. The van der Waals surface area contributed by atoms with Gasteiger partial charge in [-0.1, -0.05) is 48.5 Å². The van der Waals surface area contributed by atoms with Crippen molar-refractivity contribution in [2.75, 3.05) is 6.61 Å². The lowest BCUT2D eigenvalue weighted by molar-refractivity contribution is -0.177. The summed E-state index contributed by atoms with van der Waals surface area (Å²) in [7, 11) is -3.74. The van der Waals surface area contributed by atoms with E-state index in [4.69, 9.17) is 13.6 Å². The van der Waals surface area contributed by atoms with Gasteiger partial charge >= 0.3 is 5.97 Å². The highest BCUT2D eigenvalue weighted by atomic mass is 28.4. The third-order valence-corrected chi connectivity index (χ3v) is 16.2. The van der Waals surface area contributed by atoms with Crippen LogP contribution in [0.2, 0.25) is 36.3 Å². The summed E-state index contributed by atoms with van der Waals surface area (Å²) in [6.45, 7) is 27.2. The monoisotopic (exact) mass is 416 g/mol. The zero-order valence-electron chi connectivity index (χ0n) is 19.9. The number of esters is 1. The van der Waals surface area contributed by atoms with Crippen molar-refractivity contribution in [3.8, 4) is 0 Å². The molecular weight excluding hydrogens is 372 g/mol. The Morgan fingerprint density at radius 1 is 0.926 bits per heavy atom. The van der Waals surface area contributed by atoms with Crippen molar-refractivity contribution < 1.29 is 18.4 Å². The molecule has 0 spiro atoms. The van der Waals surface area contributed by atoms with E-state index in [1.807, 2.05) is 6.92 Å². The number of carbonyl (C=O) groups excluding carboxylic acids is 1. The average Bonchev–Trinajstić information content (AvgIpc) is 2.46. The molecule has 1 aliphatic rings. The van der Waals surface area contributed by atoms with Crippen molar-refractivity contribution in [3.63, 3.8) is 0 Å². The number of hydrogen-bond acceptors (Lipinski definition) is 4. The quantitative estimate of drug-likeness (QED) is 0.394. The molecular formula is C21H44O4Si2. The molecule has 1 rings (SSSR count). The number of hydrogen-bond donors (Lipinski definition) is 0. The molecule has 0 radical (unpaired) electrons. The van der Waals surface area contributed by atoms with Crippen LogP contribution < -0.4 is 0 Å². The van der Waals surface area contributed by atoms with Crippen LogP contribution in [0.15, 0.2) is 0 Å². The van der Waals surface area contributed by atoms with Gasteiger partial charge in [-0.25, -0.2) is 0 Å². The highest BCUT2D eigenvalue weighted by Gasteiger charge is 2.47. The molecule has 0 saturated carbocycles. The summed E-state index contributed by atoms with van der Waals surface area (Å²) in [4.78, 5) is 12.5. The number of rotatable bonds is 6. The van der Waals surface area contributed by atoms with E-state index in [0.717, 1.165) is 6.42 Å². The molecule has 0 amide bonds. The lowest BCUT2D eigenvalue weighted by Gasteiger charge is -2.46. The van der Waals surface area contributed by atoms with E-state index in [9.17, 15) is 4.79 Å². The second kappa shape index (κ2) is 8.29. The molecule has 6 heteroatoms. The molecule has 0 unspecified atom stereocenters. The van der Waals surface area contributed by atoms with Crippen molar-refractivity contribution in [1.82, 2.24) is 0 Å². The molecule has 160 valence electrons. The lowest BCUT2D eigenvalue weighted by Crippen LogP contribution is -2.54. The number of carbonyl (C=O) groups is 1. The SMILES string of the molecule is C[C@@H]1[C@H](O[Si](C)(C)C(C)(C)C)[C@@H](C)C(=O)O[C@H]1CCO[Si](C)(C)C(C)(C)C. The predicted octanol–water partition coefficient (Wildman–Crippen LogP) is 5.99. The Balaban J connectivity index is 2.83. The van der Waals surface area contributed by atoms with E-state index >= 15 is 0 Å². The molecule has 4 nitrogen and oxygen atoms in total. The smallest absolute Gasteiger partial charge is 0.311 e. The molecule has 0 aromatic carbocycles. The average molecular weight is 417 g/mol. The van der Waals surface area contributed by atoms with Crippen molar-refractivity contribution in [1.29, 1.82) is 0 Å². The van der Waals surface area contributed by atoms with Crippen molar-refractivity contribution in [2.24, 2.45) is 11.8 Å². The van der Waals surface area contributed by atoms with Gasteiger partial charge in [0.1, 0.15) is 6.10 Å². The van der Waals surface area contributed by atoms with E-state index in [1.165, 1.54) is 0 Å². The molecule has 1 fully saturated rings. The maximum absolute atomic E-state index is 12.5. The van der Waals surface area contributed by atoms with Crippen molar-refractivity contribution in [3.05, 3.63) is 0 Å². The Bertz CT molecular complexity index is 517. The number of cyclic esters (lactones) is 1. The Hall–Kier alpha value is -0.176. The van der Waals surface area contributed by atoms with Crippen molar-refractivity contribution >= 4 is 22.6 Å². The maximum atomic E-state index is 12.5. The summed E-state index contributed by atoms with van der Waals surface area (Å²) in [5.41, 5.74) is 0. The fraction of sp³-hybridized carbons (Fsp3) is 0.952. The van der Waals surface area contributed by atoms with Gasteiger partial charge in [-0.2, -0.15) is 0 Å². The molecule has 1 aliphatic heterocycles. The Kier molecular flexibility index (Phi) is 7.63. The minimum absolute atomic E-state index is 0.0787. The molecule has 1 heterocycles. The maximum Gasteiger partial charge on any atom is 0.311 e. The van der Waals surface area contributed by atoms with Crippen LogP contribution in [-0.2, 0) is 18.4 Å². The molecule has 27 heavy (non-hydrogen) atoms. The molecule has 0 bridgehead atoms. The van der Waals surface area contributed by atoms with Crippen molar-refractivity contribution in [2.45, 2.75) is 110 Å². The predicted molar refractivity (Wildman–Crippen MR) is 118 cm³/mol. The highest BCUT2D eigenvalue weighted by Crippen LogP contribution is 2.41. The lowest BCUT2D eigenvalue weighted by atomic mass is 9.85. The molecule has 0 N–H and O–H groups in total. The van der Waals surface area contributed by atoms with Gasteiger partial charge < -0.3 is 13.6 Å². The van der Waals surface area contributed by atoms with Crippen LogP contribution in [0.1, 0.15) is 61.8 Å². The third-order valence-electron chi connectivity index (χ3n) is 7.15. The number of ether oxygens (including phenoxy) is 1. The van der Waals surface area contributed by atoms with Gasteiger partial charge in [-0.05, 0) is 43.2 Å². The summed E-state index contributed by atoms with van der Waals surface area (Å²) in [6, 6.07) is 0. The zero-order chi connectivity index (χ0) is 21.4. The van der Waals surface area contributed by atoms with Crippen LogP contribution in [0, 0.1) is 11.8 Å². The fourth-order valence-corrected chi connectivity index (χ4v) is 5.37. The van der Waals surface area contributed by atoms with Gasteiger partial charge in [0.15, 0.2) is 16.6 Å². The van der Waals surface area contributed by atoms with E-state index < -0.39 is 16.6 Å². The first-order chi connectivity index (χ1) is 11.9. The first kappa shape index (κ1) is 24.9. The van der Waals surface area contributed by atoms with Gasteiger partial charge in [-0.3, -0.25) is 4.79 Å². The summed E-state index contributed by atoms with van der Waals surface area (Å²) >= 11 is 0. The second-order valence-corrected chi connectivity index (χ2v) is 20.9. The third kappa shape index (κ3) is 5.90. The van der Waals surface area contributed by atoms with Gasteiger partial charge in [0.25, 0.3) is 0 Å². The van der Waals surface area contributed by atoms with E-state index in [-0.39, 0.29) is 40.1 Å². The van der Waals surface area contributed by atoms with Crippen LogP contribution in [0.4, 0.5) is 0 Å². The normalized spacial score (nSPS) is 28.2. The molecule has 0 aromatic heterocycles. The van der Waals surface area contributed by atoms with Gasteiger partial charge in [-0.15, -0.1) is 0 Å². The summed E-state index contributed by atoms with van der Waals surface area (Å²) in [6.07, 6.45) is 0.530. The van der Waals surface area contributed by atoms with E-state index in [2.05, 4.69) is 74.7 Å². The minimum atomic E-state index is -1.95. The van der Waals surface area contributed by atoms with Gasteiger partial charge in [0.2, 0.25) is 0 Å². The topological polar surface area (TPSA) is 44.8 Å². The fourth-order valence-electron chi connectivity index (χ4n) is 2.86. The van der Waals surface area contributed by atoms with Crippen LogP contribution in [0.5, 0.6) is 0 Å². The first-order valence-corrected chi connectivity index (χ1v) is 16.2. The Morgan fingerprint density at radius 3 is 1.85 bits per heavy atom. The second-order valence-electron chi connectivity index (χ2n) is 11.4. The minimum Gasteiger partial charge on any atom is -0.462 e. The zero-order valence-corrected chi connectivity index (χ0v) is 21.9. The van der Waals surface area contributed by atoms with Crippen LogP contribution in [-0.4, -0.2) is 41.4 Å². The van der Waals surface area contributed by atoms with E-state index in [1.54, 1.807) is 0 Å². The van der Waals surface area contributed by atoms with Crippen LogP contribution in [0.3, 0.4) is 0 Å². The summed E-state index contributed by atoms with van der Waals surface area (Å²) in [5, 5.41) is 0.305.